The first-order valence-electron chi connectivity index (χ1n) is 10.2. The number of carbonyl (C=O) groups excluding carboxylic acids is 2. The molecule has 0 fully saturated rings. The molecule has 2 heterocycles. The van der Waals surface area contributed by atoms with E-state index >= 15 is 0 Å². The highest BCUT2D eigenvalue weighted by atomic mass is 16.2. The topological polar surface area (TPSA) is 120 Å². The van der Waals surface area contributed by atoms with Crippen LogP contribution in [-0.4, -0.2) is 40.1 Å². The summed E-state index contributed by atoms with van der Waals surface area (Å²) in [4.78, 5) is 39.4. The average molecular weight is 417 g/mol. The fraction of sp³-hybridized carbons (Fsp3) is 0.217. The van der Waals surface area contributed by atoms with E-state index in [1.807, 2.05) is 24.4 Å². The molecule has 0 aliphatic carbocycles. The first-order chi connectivity index (χ1) is 15.1. The van der Waals surface area contributed by atoms with Gasteiger partial charge in [-0.15, -0.1) is 0 Å². The van der Waals surface area contributed by atoms with Gasteiger partial charge in [0, 0.05) is 42.0 Å². The summed E-state index contributed by atoms with van der Waals surface area (Å²) in [7, 11) is 0. The van der Waals surface area contributed by atoms with Crippen molar-refractivity contribution in [3.05, 3.63) is 76.3 Å². The Balaban J connectivity index is 1.21. The van der Waals surface area contributed by atoms with Crippen molar-refractivity contribution in [3.63, 3.8) is 0 Å². The number of aromatic amines is 2. The third-order valence-corrected chi connectivity index (χ3v) is 5.17. The number of hydrogen-bond donors (Lipinski definition) is 4. The van der Waals surface area contributed by atoms with E-state index in [-0.39, 0.29) is 36.8 Å². The molecule has 0 radical (unpaired) electrons. The Morgan fingerprint density at radius 3 is 2.42 bits per heavy atom. The predicted molar refractivity (Wildman–Crippen MR) is 119 cm³/mol. The Kier molecular flexibility index (Phi) is 6.07. The highest BCUT2D eigenvalue weighted by Crippen LogP contribution is 2.17. The zero-order chi connectivity index (χ0) is 21.6. The Morgan fingerprint density at radius 1 is 0.871 bits per heavy atom. The average Bonchev–Trinajstić information content (AvgIpc) is 3.19. The maximum atomic E-state index is 12.2. The summed E-state index contributed by atoms with van der Waals surface area (Å²) in [6.07, 6.45) is 2.91. The van der Waals surface area contributed by atoms with E-state index < -0.39 is 0 Å². The lowest BCUT2D eigenvalue weighted by Gasteiger charge is -2.08. The molecule has 2 amide bonds. The minimum absolute atomic E-state index is 0.0273. The molecule has 4 rings (SSSR count). The third-order valence-electron chi connectivity index (χ3n) is 5.17. The van der Waals surface area contributed by atoms with Gasteiger partial charge < -0.3 is 15.6 Å². The largest absolute Gasteiger partial charge is 0.361 e. The molecule has 4 N–H and O–H groups in total. The van der Waals surface area contributed by atoms with Gasteiger partial charge in [0.2, 0.25) is 11.8 Å². The number of fused-ring (bicyclic) bond motifs is 2. The fourth-order valence-electron chi connectivity index (χ4n) is 3.60. The van der Waals surface area contributed by atoms with Crippen LogP contribution in [0.15, 0.2) is 59.5 Å². The van der Waals surface area contributed by atoms with Crippen molar-refractivity contribution in [2.75, 3.05) is 13.1 Å². The predicted octanol–water partition coefficient (Wildman–Crippen LogP) is 1.81. The van der Waals surface area contributed by atoms with Crippen molar-refractivity contribution in [1.82, 2.24) is 25.8 Å². The molecule has 0 unspecified atom stereocenters. The van der Waals surface area contributed by atoms with Crippen LogP contribution >= 0.6 is 0 Å². The van der Waals surface area contributed by atoms with Crippen LogP contribution in [-0.2, 0) is 22.4 Å². The van der Waals surface area contributed by atoms with E-state index in [0.717, 1.165) is 22.9 Å². The second-order valence-corrected chi connectivity index (χ2v) is 7.28. The van der Waals surface area contributed by atoms with Crippen LogP contribution in [0.1, 0.15) is 17.7 Å². The summed E-state index contributed by atoms with van der Waals surface area (Å²) >= 11 is 0. The van der Waals surface area contributed by atoms with Crippen LogP contribution in [0, 0.1) is 0 Å². The SMILES string of the molecule is O=C(CCNC(=O)Cc1n[nH]c(=O)c2ccccc12)NCCc1c[nH]c2ccccc12. The molecule has 0 atom stereocenters. The van der Waals surface area contributed by atoms with Gasteiger partial charge in [-0.25, -0.2) is 5.10 Å². The summed E-state index contributed by atoms with van der Waals surface area (Å²) in [5.74, 6) is -0.371. The smallest absolute Gasteiger partial charge is 0.272 e. The minimum atomic E-state index is -0.288. The number of aromatic nitrogens is 3. The molecule has 0 bridgehead atoms. The number of hydrogen-bond acceptors (Lipinski definition) is 4. The quantitative estimate of drug-likeness (QED) is 0.349. The van der Waals surface area contributed by atoms with Crippen molar-refractivity contribution in [2.45, 2.75) is 19.3 Å². The summed E-state index contributed by atoms with van der Waals surface area (Å²) < 4.78 is 0. The second kappa shape index (κ2) is 9.25. The lowest BCUT2D eigenvalue weighted by atomic mass is 10.1. The molecule has 31 heavy (non-hydrogen) atoms. The zero-order valence-corrected chi connectivity index (χ0v) is 16.9. The van der Waals surface area contributed by atoms with E-state index in [0.29, 0.717) is 23.0 Å². The highest BCUT2D eigenvalue weighted by molar-refractivity contribution is 5.88. The van der Waals surface area contributed by atoms with Crippen molar-refractivity contribution >= 4 is 33.5 Å². The molecule has 2 aromatic heterocycles. The van der Waals surface area contributed by atoms with Gasteiger partial charge in [0.25, 0.3) is 5.56 Å². The summed E-state index contributed by atoms with van der Waals surface area (Å²) in [5.41, 5.74) is 2.45. The number of nitrogens with zero attached hydrogens (tertiary/aromatic N) is 1. The maximum Gasteiger partial charge on any atom is 0.272 e. The Morgan fingerprint density at radius 2 is 1.58 bits per heavy atom. The van der Waals surface area contributed by atoms with Gasteiger partial charge in [-0.05, 0) is 24.1 Å². The Bertz CT molecular complexity index is 1290. The van der Waals surface area contributed by atoms with Crippen LogP contribution in [0.4, 0.5) is 0 Å². The van der Waals surface area contributed by atoms with Crippen molar-refractivity contribution in [2.24, 2.45) is 0 Å². The molecule has 8 heteroatoms. The molecule has 0 aliphatic rings. The summed E-state index contributed by atoms with van der Waals surface area (Å²) in [6, 6.07) is 15.1. The monoisotopic (exact) mass is 417 g/mol. The first-order valence-corrected chi connectivity index (χ1v) is 10.2. The number of amides is 2. The number of nitrogens with one attached hydrogen (secondary N) is 4. The first kappa shape index (κ1) is 20.3. The van der Waals surface area contributed by atoms with E-state index in [9.17, 15) is 14.4 Å². The van der Waals surface area contributed by atoms with E-state index in [2.05, 4.69) is 31.9 Å². The van der Waals surface area contributed by atoms with Gasteiger partial charge in [0.05, 0.1) is 17.5 Å². The summed E-state index contributed by atoms with van der Waals surface area (Å²) in [5, 5.41) is 14.3. The Labute approximate surface area is 178 Å². The molecule has 158 valence electrons. The minimum Gasteiger partial charge on any atom is -0.361 e. The zero-order valence-electron chi connectivity index (χ0n) is 16.9. The normalized spacial score (nSPS) is 11.0. The lowest BCUT2D eigenvalue weighted by Crippen LogP contribution is -2.32. The molecule has 0 saturated heterocycles. The molecule has 0 saturated carbocycles. The lowest BCUT2D eigenvalue weighted by molar-refractivity contribution is -0.122. The number of benzene rings is 2. The Hall–Kier alpha value is -3.94. The maximum absolute atomic E-state index is 12.2. The van der Waals surface area contributed by atoms with Gasteiger partial charge in [0.15, 0.2) is 0 Å². The van der Waals surface area contributed by atoms with Crippen LogP contribution in [0.2, 0.25) is 0 Å². The fourth-order valence-corrected chi connectivity index (χ4v) is 3.60. The summed E-state index contributed by atoms with van der Waals surface area (Å²) in [6.45, 7) is 0.765. The van der Waals surface area contributed by atoms with Crippen molar-refractivity contribution in [1.29, 1.82) is 0 Å². The van der Waals surface area contributed by atoms with E-state index in [1.165, 1.54) is 0 Å². The van der Waals surface area contributed by atoms with Gasteiger partial charge in [-0.1, -0.05) is 36.4 Å². The van der Waals surface area contributed by atoms with E-state index in [1.54, 1.807) is 24.3 Å². The molecular weight excluding hydrogens is 394 g/mol. The van der Waals surface area contributed by atoms with Crippen LogP contribution in [0.25, 0.3) is 21.7 Å². The van der Waals surface area contributed by atoms with Crippen molar-refractivity contribution in [3.8, 4) is 0 Å². The van der Waals surface area contributed by atoms with Crippen LogP contribution in [0.3, 0.4) is 0 Å². The van der Waals surface area contributed by atoms with E-state index in [4.69, 9.17) is 0 Å². The van der Waals surface area contributed by atoms with Crippen LogP contribution < -0.4 is 16.2 Å². The molecule has 4 aromatic rings. The van der Waals surface area contributed by atoms with Gasteiger partial charge in [-0.3, -0.25) is 14.4 Å². The molecule has 8 nitrogen and oxygen atoms in total. The molecular formula is C23H23N5O3. The number of carbonyl (C=O) groups is 2. The van der Waals surface area contributed by atoms with Gasteiger partial charge in [0.1, 0.15) is 0 Å². The highest BCUT2D eigenvalue weighted by Gasteiger charge is 2.11. The molecule has 2 aromatic carbocycles. The van der Waals surface area contributed by atoms with Crippen molar-refractivity contribution < 1.29 is 9.59 Å². The van der Waals surface area contributed by atoms with Crippen LogP contribution in [0.5, 0.6) is 0 Å². The second-order valence-electron chi connectivity index (χ2n) is 7.28. The number of H-pyrrole nitrogens is 2. The van der Waals surface area contributed by atoms with Gasteiger partial charge >= 0.3 is 0 Å². The number of rotatable bonds is 8. The third kappa shape index (κ3) is 4.80. The standard InChI is InChI=1S/C23H23N5O3/c29-21(24-11-9-15-14-26-19-8-4-3-5-16(15)19)10-12-25-22(30)13-20-17-6-1-2-7-18(17)23(31)28-27-20/h1-8,14,26H,9-13H2,(H,24,29)(H,25,30)(H,28,31). The molecule has 0 aliphatic heterocycles. The molecule has 0 spiro atoms. The van der Waals surface area contributed by atoms with Gasteiger partial charge in [-0.2, -0.15) is 5.10 Å². The number of para-hydroxylation sites is 1.